The van der Waals surface area contributed by atoms with Gasteiger partial charge in [-0.1, -0.05) is 0 Å². The van der Waals surface area contributed by atoms with Gasteiger partial charge in [-0.3, -0.25) is 9.59 Å². The van der Waals surface area contributed by atoms with E-state index in [2.05, 4.69) is 5.32 Å². The van der Waals surface area contributed by atoms with Crippen molar-refractivity contribution >= 4 is 11.8 Å². The van der Waals surface area contributed by atoms with Crippen LogP contribution in [-0.4, -0.2) is 28.6 Å². The molecule has 1 rings (SSSR count). The van der Waals surface area contributed by atoms with E-state index in [1.807, 2.05) is 0 Å². The third-order valence-electron chi connectivity index (χ3n) is 1.65. The van der Waals surface area contributed by atoms with E-state index in [-0.39, 0.29) is 23.6 Å². The average molecular weight is 210 g/mol. The third-order valence-corrected chi connectivity index (χ3v) is 1.65. The molecule has 0 aromatic heterocycles. The Bertz CT molecular complexity index is 403. The number of amides is 2. The van der Waals surface area contributed by atoms with Crippen molar-refractivity contribution in [2.75, 3.05) is 6.54 Å². The number of primary amides is 1. The number of nitrogens with one attached hydrogen (secondary N) is 1. The van der Waals surface area contributed by atoms with E-state index >= 15 is 0 Å². The van der Waals surface area contributed by atoms with Crippen LogP contribution in [0, 0.1) is 0 Å². The molecule has 0 aliphatic heterocycles. The number of carbonyl (C=O) groups excluding carboxylic acids is 2. The van der Waals surface area contributed by atoms with Gasteiger partial charge in [-0.15, -0.1) is 0 Å². The number of phenols is 2. The first kappa shape index (κ1) is 10.8. The largest absolute Gasteiger partial charge is 0.508 e. The molecule has 0 atom stereocenters. The lowest BCUT2D eigenvalue weighted by Gasteiger charge is -2.05. The topological polar surface area (TPSA) is 113 Å². The van der Waals surface area contributed by atoms with Gasteiger partial charge in [0.2, 0.25) is 5.91 Å². The first-order chi connectivity index (χ1) is 7.00. The molecule has 0 saturated heterocycles. The smallest absolute Gasteiger partial charge is 0.255 e. The molecular weight excluding hydrogens is 200 g/mol. The van der Waals surface area contributed by atoms with Crippen molar-refractivity contribution < 1.29 is 19.8 Å². The zero-order chi connectivity index (χ0) is 11.4. The second kappa shape index (κ2) is 4.32. The number of rotatable bonds is 3. The highest BCUT2D eigenvalue weighted by Gasteiger charge is 2.11. The molecule has 15 heavy (non-hydrogen) atoms. The van der Waals surface area contributed by atoms with E-state index in [4.69, 9.17) is 10.8 Å². The minimum Gasteiger partial charge on any atom is -0.508 e. The maximum atomic E-state index is 11.3. The van der Waals surface area contributed by atoms with Gasteiger partial charge in [0.15, 0.2) is 0 Å². The van der Waals surface area contributed by atoms with Gasteiger partial charge in [-0.25, -0.2) is 0 Å². The minimum atomic E-state index is -0.692. The predicted molar refractivity (Wildman–Crippen MR) is 51.3 cm³/mol. The number of phenolic OH excluding ortho intramolecular Hbond substituents is 2. The summed E-state index contributed by atoms with van der Waals surface area (Å²) in [5.74, 6) is -1.81. The lowest BCUT2D eigenvalue weighted by molar-refractivity contribution is -0.117. The minimum absolute atomic E-state index is 0.115. The number of hydrogen-bond donors (Lipinski definition) is 4. The molecule has 0 heterocycles. The summed E-state index contributed by atoms with van der Waals surface area (Å²) in [6, 6.07) is 3.50. The van der Waals surface area contributed by atoms with E-state index in [1.165, 1.54) is 12.1 Å². The van der Waals surface area contributed by atoms with Crippen molar-refractivity contribution in [3.8, 4) is 11.5 Å². The monoisotopic (exact) mass is 210 g/mol. The Hall–Kier alpha value is -2.24. The molecule has 5 N–H and O–H groups in total. The Kier molecular flexibility index (Phi) is 3.12. The van der Waals surface area contributed by atoms with Crippen molar-refractivity contribution in [1.82, 2.24) is 5.32 Å². The molecule has 0 bridgehead atoms. The molecule has 2 amide bonds. The Morgan fingerprint density at radius 1 is 1.33 bits per heavy atom. The fourth-order valence-corrected chi connectivity index (χ4v) is 0.969. The van der Waals surface area contributed by atoms with E-state index in [0.29, 0.717) is 0 Å². The molecule has 0 radical (unpaired) electrons. The summed E-state index contributed by atoms with van der Waals surface area (Å²) in [5.41, 5.74) is 4.71. The number of aromatic hydroxyl groups is 2. The van der Waals surface area contributed by atoms with E-state index in [0.717, 1.165) is 6.07 Å². The highest BCUT2D eigenvalue weighted by molar-refractivity contribution is 5.98. The lowest BCUT2D eigenvalue weighted by Crippen LogP contribution is -2.33. The zero-order valence-electron chi connectivity index (χ0n) is 7.73. The molecule has 0 aliphatic rings. The van der Waals surface area contributed by atoms with Gasteiger partial charge in [0.25, 0.3) is 5.91 Å². The van der Waals surface area contributed by atoms with Crippen LogP contribution in [0.5, 0.6) is 11.5 Å². The van der Waals surface area contributed by atoms with Gasteiger partial charge in [0.1, 0.15) is 11.5 Å². The van der Waals surface area contributed by atoms with E-state index in [9.17, 15) is 14.7 Å². The standard InChI is InChI=1S/C9H10N2O4/c10-8(14)4-11-9(15)6-3-5(12)1-2-7(6)13/h1-3,12-13H,4H2,(H2,10,14)(H,11,15). The lowest BCUT2D eigenvalue weighted by atomic mass is 10.2. The fourth-order valence-electron chi connectivity index (χ4n) is 0.969. The molecule has 1 aromatic carbocycles. The maximum Gasteiger partial charge on any atom is 0.255 e. The quantitative estimate of drug-likeness (QED) is 0.494. The summed E-state index contributed by atoms with van der Waals surface area (Å²) >= 11 is 0. The van der Waals surface area contributed by atoms with E-state index in [1.54, 1.807) is 0 Å². The number of nitrogens with two attached hydrogens (primary N) is 1. The molecule has 1 aromatic rings. The first-order valence-corrected chi connectivity index (χ1v) is 4.09. The highest BCUT2D eigenvalue weighted by Crippen LogP contribution is 2.21. The fraction of sp³-hybridized carbons (Fsp3) is 0.111. The van der Waals surface area contributed by atoms with Gasteiger partial charge in [-0.05, 0) is 18.2 Å². The summed E-state index contributed by atoms with van der Waals surface area (Å²) in [6.45, 7) is -0.325. The second-order valence-corrected chi connectivity index (χ2v) is 2.85. The normalized spacial score (nSPS) is 9.60. The van der Waals surface area contributed by atoms with Crippen molar-refractivity contribution in [2.45, 2.75) is 0 Å². The molecule has 6 nitrogen and oxygen atoms in total. The van der Waals surface area contributed by atoms with Crippen LogP contribution in [0.4, 0.5) is 0 Å². The molecule has 80 valence electrons. The SMILES string of the molecule is NC(=O)CNC(=O)c1cc(O)ccc1O. The van der Waals surface area contributed by atoms with Crippen LogP contribution in [0.1, 0.15) is 10.4 Å². The van der Waals surface area contributed by atoms with Crippen LogP contribution in [0.3, 0.4) is 0 Å². The third kappa shape index (κ3) is 2.87. The van der Waals surface area contributed by atoms with Gasteiger partial charge in [0.05, 0.1) is 12.1 Å². The highest BCUT2D eigenvalue weighted by atomic mass is 16.3. The molecular formula is C9H10N2O4. The Morgan fingerprint density at radius 3 is 2.60 bits per heavy atom. The van der Waals surface area contributed by atoms with Gasteiger partial charge < -0.3 is 21.3 Å². The van der Waals surface area contributed by atoms with Crippen LogP contribution in [0.15, 0.2) is 18.2 Å². The van der Waals surface area contributed by atoms with Crippen molar-refractivity contribution in [3.63, 3.8) is 0 Å². The summed E-state index contributed by atoms with van der Waals surface area (Å²) in [7, 11) is 0. The summed E-state index contributed by atoms with van der Waals surface area (Å²) < 4.78 is 0. The van der Waals surface area contributed by atoms with E-state index < -0.39 is 11.8 Å². The van der Waals surface area contributed by atoms with Gasteiger partial charge in [0, 0.05) is 0 Å². The Balaban J connectivity index is 2.81. The van der Waals surface area contributed by atoms with Crippen LogP contribution in [0.2, 0.25) is 0 Å². The van der Waals surface area contributed by atoms with Gasteiger partial charge in [-0.2, -0.15) is 0 Å². The maximum absolute atomic E-state index is 11.3. The van der Waals surface area contributed by atoms with Crippen LogP contribution >= 0.6 is 0 Å². The second-order valence-electron chi connectivity index (χ2n) is 2.85. The molecule has 0 spiro atoms. The molecule has 0 aliphatic carbocycles. The van der Waals surface area contributed by atoms with Gasteiger partial charge >= 0.3 is 0 Å². The van der Waals surface area contributed by atoms with Crippen molar-refractivity contribution in [1.29, 1.82) is 0 Å². The first-order valence-electron chi connectivity index (χ1n) is 4.09. The molecule has 0 unspecified atom stereocenters. The summed E-state index contributed by atoms with van der Waals surface area (Å²) in [5, 5.41) is 20.5. The molecule has 6 heteroatoms. The van der Waals surface area contributed by atoms with Crippen LogP contribution in [0.25, 0.3) is 0 Å². The number of hydrogen-bond acceptors (Lipinski definition) is 4. The summed E-state index contributed by atoms with van der Waals surface area (Å²) in [4.78, 5) is 21.7. The van der Waals surface area contributed by atoms with Crippen molar-refractivity contribution in [2.24, 2.45) is 5.73 Å². The average Bonchev–Trinajstić information content (AvgIpc) is 2.18. The van der Waals surface area contributed by atoms with Crippen LogP contribution in [-0.2, 0) is 4.79 Å². The number of carbonyl (C=O) groups is 2. The Morgan fingerprint density at radius 2 is 2.00 bits per heavy atom. The predicted octanol–water partition coefficient (Wildman–Crippen LogP) is -0.687. The molecule has 0 fully saturated rings. The number of benzene rings is 1. The summed E-state index contributed by atoms with van der Waals surface area (Å²) in [6.07, 6.45) is 0. The van der Waals surface area contributed by atoms with Crippen LogP contribution < -0.4 is 11.1 Å². The zero-order valence-corrected chi connectivity index (χ0v) is 7.73. The molecule has 0 saturated carbocycles. The Labute approximate surface area is 85.3 Å². The van der Waals surface area contributed by atoms with Crippen molar-refractivity contribution in [3.05, 3.63) is 23.8 Å².